The SMILES string of the molecule is COC(=O)/C(=C/[C@](COCc1cc(C(F)(F)F)cc(C(F)(F)F)c1)(NC(=O)OCc1ccccc1)c1ccccc1)NC(=O)OCc1ccccc1. The van der Waals surface area contributed by atoms with Gasteiger partial charge in [-0.05, 0) is 46.5 Å². The smallest absolute Gasteiger partial charge is 0.416 e. The van der Waals surface area contributed by atoms with E-state index < -0.39 is 71.6 Å². The molecule has 274 valence electrons. The summed E-state index contributed by atoms with van der Waals surface area (Å²) in [6, 6.07) is 25.8. The van der Waals surface area contributed by atoms with Crippen molar-refractivity contribution in [2.75, 3.05) is 13.7 Å². The number of halogens is 6. The number of carbonyl (C=O) groups is 3. The summed E-state index contributed by atoms with van der Waals surface area (Å²) in [6.07, 6.45) is -11.3. The van der Waals surface area contributed by atoms with Crippen LogP contribution in [0.3, 0.4) is 0 Å². The van der Waals surface area contributed by atoms with Crippen molar-refractivity contribution in [1.29, 1.82) is 0 Å². The van der Waals surface area contributed by atoms with E-state index in [1.54, 1.807) is 78.9 Å². The fraction of sp³-hybridized carbons (Fsp3) is 0.216. The van der Waals surface area contributed by atoms with Gasteiger partial charge in [-0.25, -0.2) is 14.4 Å². The Bertz CT molecular complexity index is 1800. The zero-order valence-electron chi connectivity index (χ0n) is 27.4. The van der Waals surface area contributed by atoms with Gasteiger partial charge >= 0.3 is 30.5 Å². The summed E-state index contributed by atoms with van der Waals surface area (Å²) >= 11 is 0. The van der Waals surface area contributed by atoms with Gasteiger partial charge in [0, 0.05) is 0 Å². The van der Waals surface area contributed by atoms with E-state index in [0.29, 0.717) is 23.3 Å². The van der Waals surface area contributed by atoms with Crippen LogP contribution in [-0.2, 0) is 61.5 Å². The first kappa shape index (κ1) is 39.0. The Morgan fingerprint density at radius 3 is 1.58 bits per heavy atom. The molecule has 0 aliphatic carbocycles. The van der Waals surface area contributed by atoms with E-state index in [2.05, 4.69) is 10.6 Å². The van der Waals surface area contributed by atoms with Crippen LogP contribution in [-0.4, -0.2) is 31.9 Å². The zero-order chi connectivity index (χ0) is 37.8. The number of rotatable bonds is 13. The first-order chi connectivity index (χ1) is 24.7. The monoisotopic (exact) mass is 730 g/mol. The minimum atomic E-state index is -5.10. The lowest BCUT2D eigenvalue weighted by Gasteiger charge is -2.33. The third-order valence-electron chi connectivity index (χ3n) is 7.32. The molecule has 0 spiro atoms. The minimum absolute atomic E-state index is 0.0179. The Kier molecular flexibility index (Phi) is 13.0. The second kappa shape index (κ2) is 17.4. The van der Waals surface area contributed by atoms with Crippen LogP contribution < -0.4 is 10.6 Å². The first-order valence-corrected chi connectivity index (χ1v) is 15.4. The molecule has 4 aromatic carbocycles. The molecular formula is C37H32F6N2O7. The number of carbonyl (C=O) groups excluding carboxylic acids is 3. The first-order valence-electron chi connectivity index (χ1n) is 15.4. The van der Waals surface area contributed by atoms with Crippen LogP contribution in [0.4, 0.5) is 35.9 Å². The predicted molar refractivity (Wildman–Crippen MR) is 174 cm³/mol. The van der Waals surface area contributed by atoms with Crippen LogP contribution in [0.2, 0.25) is 0 Å². The molecule has 0 aromatic heterocycles. The molecular weight excluding hydrogens is 698 g/mol. The molecule has 4 aromatic rings. The maximum absolute atomic E-state index is 13.5. The predicted octanol–water partition coefficient (Wildman–Crippen LogP) is 8.05. The molecule has 0 saturated heterocycles. The van der Waals surface area contributed by atoms with Crippen molar-refractivity contribution in [2.45, 2.75) is 37.7 Å². The number of ether oxygens (including phenoxy) is 4. The molecule has 52 heavy (non-hydrogen) atoms. The molecule has 4 rings (SSSR count). The van der Waals surface area contributed by atoms with Gasteiger partial charge in [0.2, 0.25) is 0 Å². The molecule has 0 aliphatic heterocycles. The Morgan fingerprint density at radius 2 is 1.10 bits per heavy atom. The van der Waals surface area contributed by atoms with Gasteiger partial charge in [-0.15, -0.1) is 0 Å². The molecule has 0 saturated carbocycles. The van der Waals surface area contributed by atoms with Crippen molar-refractivity contribution in [1.82, 2.24) is 10.6 Å². The molecule has 2 N–H and O–H groups in total. The summed E-state index contributed by atoms with van der Waals surface area (Å²) in [5, 5.41) is 4.87. The minimum Gasteiger partial charge on any atom is -0.464 e. The Balaban J connectivity index is 1.73. The molecule has 0 aliphatic rings. The van der Waals surface area contributed by atoms with Crippen LogP contribution in [0.25, 0.3) is 0 Å². The van der Waals surface area contributed by atoms with Gasteiger partial charge in [-0.1, -0.05) is 91.0 Å². The highest BCUT2D eigenvalue weighted by molar-refractivity contribution is 5.92. The summed E-state index contributed by atoms with van der Waals surface area (Å²) in [7, 11) is 1.02. The van der Waals surface area contributed by atoms with E-state index >= 15 is 0 Å². The zero-order valence-corrected chi connectivity index (χ0v) is 27.4. The van der Waals surface area contributed by atoms with Gasteiger partial charge in [0.15, 0.2) is 0 Å². The molecule has 2 amide bonds. The normalized spacial score (nSPS) is 13.0. The van der Waals surface area contributed by atoms with Crippen LogP contribution in [0.5, 0.6) is 0 Å². The number of nitrogens with one attached hydrogen (secondary N) is 2. The van der Waals surface area contributed by atoms with Crippen LogP contribution in [0.1, 0.15) is 33.4 Å². The van der Waals surface area contributed by atoms with Gasteiger partial charge in [0.25, 0.3) is 0 Å². The second-order valence-electron chi connectivity index (χ2n) is 11.2. The maximum atomic E-state index is 13.5. The van der Waals surface area contributed by atoms with Gasteiger partial charge in [0.1, 0.15) is 24.4 Å². The van der Waals surface area contributed by atoms with Crippen molar-refractivity contribution in [3.63, 3.8) is 0 Å². The number of benzene rings is 4. The number of esters is 1. The van der Waals surface area contributed by atoms with E-state index in [1.165, 1.54) is 12.1 Å². The van der Waals surface area contributed by atoms with Crippen molar-refractivity contribution >= 4 is 18.2 Å². The van der Waals surface area contributed by atoms with E-state index in [-0.39, 0.29) is 24.8 Å². The molecule has 9 nitrogen and oxygen atoms in total. The lowest BCUT2D eigenvalue weighted by atomic mass is 9.89. The largest absolute Gasteiger partial charge is 0.464 e. The fourth-order valence-corrected chi connectivity index (χ4v) is 4.83. The molecule has 15 heteroatoms. The maximum Gasteiger partial charge on any atom is 0.416 e. The van der Waals surface area contributed by atoms with Crippen LogP contribution in [0, 0.1) is 0 Å². The third kappa shape index (κ3) is 11.3. The standard InChI is InChI=1S/C37H32F6N2O7/c1-49-32(46)31(44-33(47)51-22-25-11-5-2-6-12-25)20-35(28-15-9-4-10-16-28,45-34(48)52-23-26-13-7-3-8-14-26)24-50-21-27-17-29(36(38,39)40)19-30(18-27)37(41,42)43/h2-20H,21-24H2,1H3,(H,44,47)(H,45,48)/b31-20-/t35-/m1/s1. The van der Waals surface area contributed by atoms with E-state index in [4.69, 9.17) is 18.9 Å². The second-order valence-corrected chi connectivity index (χ2v) is 11.2. The highest BCUT2D eigenvalue weighted by atomic mass is 19.4. The molecule has 0 bridgehead atoms. The Morgan fingerprint density at radius 1 is 0.615 bits per heavy atom. The topological polar surface area (TPSA) is 112 Å². The lowest BCUT2D eigenvalue weighted by Crippen LogP contribution is -2.49. The summed E-state index contributed by atoms with van der Waals surface area (Å²) in [6.45, 7) is -1.91. The Labute approximate surface area is 294 Å². The summed E-state index contributed by atoms with van der Waals surface area (Å²) in [5.74, 6) is -1.11. The summed E-state index contributed by atoms with van der Waals surface area (Å²) in [5.41, 5.74) is -4.69. The number of methoxy groups -OCH3 is 1. The fourth-order valence-electron chi connectivity index (χ4n) is 4.83. The summed E-state index contributed by atoms with van der Waals surface area (Å²) in [4.78, 5) is 39.2. The average molecular weight is 731 g/mol. The molecule has 0 unspecified atom stereocenters. The van der Waals surface area contributed by atoms with Crippen molar-refractivity contribution in [3.8, 4) is 0 Å². The molecule has 0 radical (unpaired) electrons. The average Bonchev–Trinajstić information content (AvgIpc) is 3.13. The highest BCUT2D eigenvalue weighted by Gasteiger charge is 2.38. The number of hydrogen-bond acceptors (Lipinski definition) is 7. The van der Waals surface area contributed by atoms with Gasteiger partial charge in [-0.2, -0.15) is 26.3 Å². The lowest BCUT2D eigenvalue weighted by molar-refractivity contribution is -0.143. The number of alkyl carbamates (subject to hydrolysis) is 2. The number of alkyl halides is 6. The van der Waals surface area contributed by atoms with Crippen molar-refractivity contribution in [3.05, 3.63) is 154 Å². The van der Waals surface area contributed by atoms with Crippen LogP contribution >= 0.6 is 0 Å². The molecule has 0 fully saturated rings. The number of amides is 2. The Hall–Kier alpha value is -5.83. The van der Waals surface area contributed by atoms with Crippen molar-refractivity contribution in [2.24, 2.45) is 0 Å². The highest BCUT2D eigenvalue weighted by Crippen LogP contribution is 2.37. The van der Waals surface area contributed by atoms with Crippen LogP contribution in [0.15, 0.2) is 121 Å². The van der Waals surface area contributed by atoms with E-state index in [9.17, 15) is 40.7 Å². The summed E-state index contributed by atoms with van der Waals surface area (Å²) < 4.78 is 103. The molecule has 0 heterocycles. The van der Waals surface area contributed by atoms with Gasteiger partial charge in [0.05, 0.1) is 31.5 Å². The van der Waals surface area contributed by atoms with Crippen molar-refractivity contribution < 1.29 is 59.7 Å². The van der Waals surface area contributed by atoms with E-state index in [0.717, 1.165) is 13.2 Å². The molecule has 1 atom stereocenters. The van der Waals surface area contributed by atoms with Gasteiger partial charge < -0.3 is 24.3 Å². The van der Waals surface area contributed by atoms with E-state index in [1.807, 2.05) is 0 Å². The number of hydrogen-bond donors (Lipinski definition) is 2. The quantitative estimate of drug-likeness (QED) is 0.0620. The van der Waals surface area contributed by atoms with Gasteiger partial charge in [-0.3, -0.25) is 5.32 Å². The third-order valence-corrected chi connectivity index (χ3v) is 7.32.